The Kier molecular flexibility index (Phi) is 5.33. The molecule has 2 aliphatic rings. The van der Waals surface area contributed by atoms with Gasteiger partial charge in [0.05, 0.1) is 37.4 Å². The maximum absolute atomic E-state index is 13.3. The molecular formula is C20H25N3O6S. The number of ether oxygens (including phenoxy) is 3. The van der Waals surface area contributed by atoms with E-state index in [-0.39, 0.29) is 41.7 Å². The summed E-state index contributed by atoms with van der Waals surface area (Å²) in [5.74, 6) is 0.826. The van der Waals surface area contributed by atoms with Crippen molar-refractivity contribution in [2.45, 2.75) is 48.3 Å². The van der Waals surface area contributed by atoms with Crippen molar-refractivity contribution in [3.05, 3.63) is 36.0 Å². The Morgan fingerprint density at radius 2 is 1.67 bits per heavy atom. The molecule has 2 saturated heterocycles. The van der Waals surface area contributed by atoms with Gasteiger partial charge in [0.25, 0.3) is 0 Å². The van der Waals surface area contributed by atoms with Crippen molar-refractivity contribution >= 4 is 10.0 Å². The van der Waals surface area contributed by atoms with Crippen LogP contribution in [0, 0.1) is 0 Å². The van der Waals surface area contributed by atoms with Crippen molar-refractivity contribution in [1.29, 1.82) is 0 Å². The second-order valence-electron chi connectivity index (χ2n) is 7.61. The molecule has 9 nitrogen and oxygen atoms in total. The van der Waals surface area contributed by atoms with E-state index in [2.05, 4.69) is 9.97 Å². The van der Waals surface area contributed by atoms with E-state index in [0.717, 1.165) is 0 Å². The zero-order chi connectivity index (χ0) is 21.5. The van der Waals surface area contributed by atoms with E-state index in [9.17, 15) is 13.5 Å². The van der Waals surface area contributed by atoms with Crippen LogP contribution in [0.25, 0.3) is 0 Å². The number of sulfonamides is 1. The summed E-state index contributed by atoms with van der Waals surface area (Å²) in [6.07, 6.45) is 3.34. The summed E-state index contributed by atoms with van der Waals surface area (Å²) in [4.78, 5) is 8.50. The van der Waals surface area contributed by atoms with Crippen LogP contribution < -0.4 is 14.2 Å². The van der Waals surface area contributed by atoms with Crippen LogP contribution in [0.2, 0.25) is 0 Å². The van der Waals surface area contributed by atoms with Gasteiger partial charge >= 0.3 is 6.01 Å². The zero-order valence-electron chi connectivity index (χ0n) is 17.1. The first-order chi connectivity index (χ1) is 14.3. The van der Waals surface area contributed by atoms with Gasteiger partial charge in [-0.3, -0.25) is 0 Å². The second kappa shape index (κ2) is 7.68. The van der Waals surface area contributed by atoms with Crippen molar-refractivity contribution in [2.75, 3.05) is 21.3 Å². The molecule has 30 heavy (non-hydrogen) atoms. The highest BCUT2D eigenvalue weighted by Crippen LogP contribution is 2.49. The fourth-order valence-corrected chi connectivity index (χ4v) is 6.46. The molecule has 2 aromatic rings. The third-order valence-corrected chi connectivity index (χ3v) is 7.96. The molecule has 0 aliphatic carbocycles. The van der Waals surface area contributed by atoms with Crippen molar-refractivity contribution < 1.29 is 27.7 Å². The first-order valence-electron chi connectivity index (χ1n) is 9.68. The molecule has 0 amide bonds. The molecule has 0 saturated carbocycles. The van der Waals surface area contributed by atoms with E-state index in [1.54, 1.807) is 28.6 Å². The number of benzene rings is 1. The fraction of sp³-hybridized carbons (Fsp3) is 0.500. The highest BCUT2D eigenvalue weighted by molar-refractivity contribution is 7.89. The predicted octanol–water partition coefficient (Wildman–Crippen LogP) is 1.71. The number of aromatic nitrogens is 2. The molecule has 2 fully saturated rings. The van der Waals surface area contributed by atoms with Gasteiger partial charge in [0, 0.05) is 18.3 Å². The highest BCUT2D eigenvalue weighted by atomic mass is 32.2. The Morgan fingerprint density at radius 3 is 2.20 bits per heavy atom. The number of fused-ring (bicyclic) bond motifs is 2. The minimum absolute atomic E-state index is 0.140. The van der Waals surface area contributed by atoms with E-state index < -0.39 is 15.6 Å². The lowest BCUT2D eigenvalue weighted by molar-refractivity contribution is -0.0362. The van der Waals surface area contributed by atoms with Gasteiger partial charge in [-0.1, -0.05) is 0 Å². The van der Waals surface area contributed by atoms with Crippen LogP contribution in [0.15, 0.2) is 35.4 Å². The smallest absolute Gasteiger partial charge is 0.319 e. The van der Waals surface area contributed by atoms with Crippen LogP contribution in [-0.2, 0) is 15.6 Å². The number of rotatable bonds is 6. The van der Waals surface area contributed by atoms with Crippen LogP contribution in [0.1, 0.15) is 31.2 Å². The molecule has 162 valence electrons. The van der Waals surface area contributed by atoms with Gasteiger partial charge in [0.2, 0.25) is 15.9 Å². The van der Waals surface area contributed by atoms with Gasteiger partial charge in [-0.05, 0) is 49.9 Å². The molecule has 2 aliphatic heterocycles. The van der Waals surface area contributed by atoms with E-state index in [4.69, 9.17) is 14.2 Å². The Balaban J connectivity index is 1.65. The second-order valence-corrected chi connectivity index (χ2v) is 9.46. The third kappa shape index (κ3) is 3.38. The molecule has 1 N–H and O–H groups in total. The van der Waals surface area contributed by atoms with Gasteiger partial charge in [0.15, 0.2) is 0 Å². The number of piperidine rings is 1. The number of aliphatic hydroxyl groups is 1. The summed E-state index contributed by atoms with van der Waals surface area (Å²) in [6, 6.07) is 5.86. The lowest BCUT2D eigenvalue weighted by atomic mass is 9.82. The Morgan fingerprint density at radius 1 is 1.03 bits per heavy atom. The maximum Gasteiger partial charge on any atom is 0.319 e. The summed E-state index contributed by atoms with van der Waals surface area (Å²) in [7, 11) is 0.752. The van der Waals surface area contributed by atoms with Crippen molar-refractivity contribution in [1.82, 2.24) is 14.3 Å². The largest absolute Gasteiger partial charge is 0.497 e. The van der Waals surface area contributed by atoms with Gasteiger partial charge in [-0.25, -0.2) is 13.4 Å². The maximum atomic E-state index is 13.3. The van der Waals surface area contributed by atoms with E-state index in [1.165, 1.54) is 27.5 Å². The number of hydrogen-bond acceptors (Lipinski definition) is 8. The molecule has 0 spiro atoms. The first-order valence-corrected chi connectivity index (χ1v) is 11.1. The molecule has 4 rings (SSSR count). The summed E-state index contributed by atoms with van der Waals surface area (Å²) in [5.41, 5.74) is -0.834. The molecule has 2 atom stereocenters. The number of methoxy groups -OCH3 is 3. The number of nitrogens with zero attached hydrogens (tertiary/aromatic N) is 3. The van der Waals surface area contributed by atoms with E-state index in [0.29, 0.717) is 24.2 Å². The lowest BCUT2D eigenvalue weighted by Crippen LogP contribution is -2.52. The average molecular weight is 436 g/mol. The van der Waals surface area contributed by atoms with Gasteiger partial charge in [-0.2, -0.15) is 9.29 Å². The molecule has 1 aromatic heterocycles. The Labute approximate surface area is 175 Å². The normalized spacial score (nSPS) is 26.4. The topological polar surface area (TPSA) is 111 Å². The predicted molar refractivity (Wildman–Crippen MR) is 107 cm³/mol. The van der Waals surface area contributed by atoms with Crippen LogP contribution in [-0.4, -0.2) is 61.2 Å². The standard InChI is InChI=1S/C20H25N3O6S/c1-27-15-6-8-16(9-7-15)30(25,26)23-13-4-5-14(23)11-20(24,10-13)17-12-21-19(29-3)22-18(17)28-2/h6-9,12-14,24H,4-5,10-11H2,1-3H3. The van der Waals surface area contributed by atoms with Crippen LogP contribution in [0.4, 0.5) is 0 Å². The molecule has 0 radical (unpaired) electrons. The van der Waals surface area contributed by atoms with Crippen molar-refractivity contribution in [2.24, 2.45) is 0 Å². The monoisotopic (exact) mass is 435 g/mol. The first kappa shape index (κ1) is 20.8. The molecule has 1 aromatic carbocycles. The van der Waals surface area contributed by atoms with E-state index in [1.807, 2.05) is 0 Å². The van der Waals surface area contributed by atoms with Gasteiger partial charge in [-0.15, -0.1) is 0 Å². The van der Waals surface area contributed by atoms with Crippen molar-refractivity contribution in [3.63, 3.8) is 0 Å². The Hall–Kier alpha value is -2.43. The molecule has 3 heterocycles. The Bertz CT molecular complexity index is 1010. The highest BCUT2D eigenvalue weighted by Gasteiger charge is 2.53. The SMILES string of the molecule is COc1ccc(S(=O)(=O)N2C3CCC2CC(O)(c2cnc(OC)nc2OC)C3)cc1. The lowest BCUT2D eigenvalue weighted by Gasteiger charge is -2.43. The molecule has 2 unspecified atom stereocenters. The number of hydrogen-bond donors (Lipinski definition) is 1. The quantitative estimate of drug-likeness (QED) is 0.730. The van der Waals surface area contributed by atoms with Crippen LogP contribution in [0.3, 0.4) is 0 Å². The molecular weight excluding hydrogens is 410 g/mol. The van der Waals surface area contributed by atoms with Crippen molar-refractivity contribution in [3.8, 4) is 17.6 Å². The summed E-state index contributed by atoms with van der Waals surface area (Å²) in [5, 5.41) is 11.5. The van der Waals surface area contributed by atoms with E-state index >= 15 is 0 Å². The molecule has 2 bridgehead atoms. The van der Waals surface area contributed by atoms with Gasteiger partial charge in [0.1, 0.15) is 5.75 Å². The average Bonchev–Trinajstić information content (AvgIpc) is 3.06. The van der Waals surface area contributed by atoms with Crippen LogP contribution >= 0.6 is 0 Å². The molecule has 10 heteroatoms. The minimum Gasteiger partial charge on any atom is -0.497 e. The fourth-order valence-electron chi connectivity index (χ4n) is 4.59. The summed E-state index contributed by atoms with van der Waals surface area (Å²) < 4.78 is 43.7. The van der Waals surface area contributed by atoms with Gasteiger partial charge < -0.3 is 19.3 Å². The third-order valence-electron chi connectivity index (χ3n) is 5.94. The zero-order valence-corrected chi connectivity index (χ0v) is 17.9. The summed E-state index contributed by atoms with van der Waals surface area (Å²) in [6.45, 7) is 0. The minimum atomic E-state index is -3.70. The summed E-state index contributed by atoms with van der Waals surface area (Å²) >= 11 is 0. The van der Waals surface area contributed by atoms with Crippen LogP contribution in [0.5, 0.6) is 17.6 Å².